The fourth-order valence-electron chi connectivity index (χ4n) is 2.31. The third-order valence-electron chi connectivity index (χ3n) is 3.66. The number of hydrogen-bond donors (Lipinski definition) is 2. The quantitative estimate of drug-likeness (QED) is 0.712. The molecule has 2 N–H and O–H groups in total. The fourth-order valence-corrected chi connectivity index (χ4v) is 2.31. The third-order valence-corrected chi connectivity index (χ3v) is 3.66. The number of furan rings is 1. The standard InChI is InChI=1S/C18H17N3O4/c1-11-14(8-9-24-11)17(23)21-20-16(22)10-15-12(2)25-18(19-15)13-6-4-3-5-7-13/h3-9H,10H2,1-2H3,(H,20,22)(H,21,23). The zero-order valence-corrected chi connectivity index (χ0v) is 13.8. The van der Waals surface area contributed by atoms with E-state index in [1.54, 1.807) is 13.8 Å². The molecule has 3 aromatic rings. The summed E-state index contributed by atoms with van der Waals surface area (Å²) in [4.78, 5) is 28.3. The molecule has 7 nitrogen and oxygen atoms in total. The molecule has 0 fully saturated rings. The van der Waals surface area contributed by atoms with Crippen LogP contribution in [0.5, 0.6) is 0 Å². The van der Waals surface area contributed by atoms with Crippen LogP contribution in [0.3, 0.4) is 0 Å². The number of carbonyl (C=O) groups excluding carboxylic acids is 2. The Morgan fingerprint density at radius 3 is 2.48 bits per heavy atom. The van der Waals surface area contributed by atoms with Crippen molar-refractivity contribution < 1.29 is 18.4 Å². The predicted octanol–water partition coefficient (Wildman–Crippen LogP) is 2.56. The molecule has 2 aromatic heterocycles. The average Bonchev–Trinajstić information content (AvgIpc) is 3.20. The summed E-state index contributed by atoms with van der Waals surface area (Å²) in [6.07, 6.45) is 1.41. The van der Waals surface area contributed by atoms with Crippen molar-refractivity contribution in [2.24, 2.45) is 0 Å². The molecular weight excluding hydrogens is 322 g/mol. The second kappa shape index (κ2) is 7.04. The molecule has 0 radical (unpaired) electrons. The second-order valence-electron chi connectivity index (χ2n) is 5.46. The van der Waals surface area contributed by atoms with Gasteiger partial charge in [0, 0.05) is 5.56 Å². The molecule has 2 amide bonds. The third kappa shape index (κ3) is 3.77. The Hall–Kier alpha value is -3.35. The van der Waals surface area contributed by atoms with Gasteiger partial charge in [-0.25, -0.2) is 4.98 Å². The van der Waals surface area contributed by atoms with E-state index in [0.29, 0.717) is 28.7 Å². The number of rotatable bonds is 4. The monoisotopic (exact) mass is 339 g/mol. The summed E-state index contributed by atoms with van der Waals surface area (Å²) in [6, 6.07) is 11.0. The Kier molecular flexibility index (Phi) is 4.65. The SMILES string of the molecule is Cc1occc1C(=O)NNC(=O)Cc1nc(-c2ccccc2)oc1C. The first-order valence-corrected chi connectivity index (χ1v) is 7.69. The molecule has 1 aromatic carbocycles. The van der Waals surface area contributed by atoms with Gasteiger partial charge >= 0.3 is 0 Å². The van der Waals surface area contributed by atoms with Crippen LogP contribution in [-0.4, -0.2) is 16.8 Å². The number of aryl methyl sites for hydroxylation is 2. The zero-order chi connectivity index (χ0) is 17.8. The van der Waals surface area contributed by atoms with E-state index in [1.165, 1.54) is 12.3 Å². The summed E-state index contributed by atoms with van der Waals surface area (Å²) in [6.45, 7) is 3.41. The lowest BCUT2D eigenvalue weighted by atomic mass is 10.2. The summed E-state index contributed by atoms with van der Waals surface area (Å²) < 4.78 is 10.7. The molecule has 0 aliphatic heterocycles. The van der Waals surface area contributed by atoms with Crippen molar-refractivity contribution in [2.45, 2.75) is 20.3 Å². The number of hydrogen-bond acceptors (Lipinski definition) is 5. The van der Waals surface area contributed by atoms with Gasteiger partial charge in [0.1, 0.15) is 11.5 Å². The van der Waals surface area contributed by atoms with Crippen LogP contribution in [0.15, 0.2) is 51.5 Å². The van der Waals surface area contributed by atoms with Gasteiger partial charge in [-0.1, -0.05) is 18.2 Å². The molecular formula is C18H17N3O4. The molecule has 2 heterocycles. The molecule has 0 aliphatic carbocycles. The summed E-state index contributed by atoms with van der Waals surface area (Å²) in [5.41, 5.74) is 6.43. The number of hydrazine groups is 1. The Morgan fingerprint density at radius 2 is 1.80 bits per heavy atom. The van der Waals surface area contributed by atoms with E-state index in [9.17, 15) is 9.59 Å². The van der Waals surface area contributed by atoms with Crippen LogP contribution in [0.4, 0.5) is 0 Å². The van der Waals surface area contributed by atoms with Crippen molar-refractivity contribution in [1.29, 1.82) is 0 Å². The van der Waals surface area contributed by atoms with Crippen LogP contribution in [0.1, 0.15) is 27.6 Å². The van der Waals surface area contributed by atoms with Gasteiger partial charge in [0.15, 0.2) is 0 Å². The van der Waals surface area contributed by atoms with Crippen LogP contribution >= 0.6 is 0 Å². The van der Waals surface area contributed by atoms with E-state index < -0.39 is 11.8 Å². The molecule has 128 valence electrons. The van der Waals surface area contributed by atoms with Crippen molar-refractivity contribution in [3.05, 3.63) is 65.4 Å². The number of benzene rings is 1. The summed E-state index contributed by atoms with van der Waals surface area (Å²) in [7, 11) is 0. The first-order valence-electron chi connectivity index (χ1n) is 7.69. The van der Waals surface area contributed by atoms with Crippen molar-refractivity contribution in [3.63, 3.8) is 0 Å². The molecule has 0 aliphatic rings. The highest BCUT2D eigenvalue weighted by Crippen LogP contribution is 2.21. The normalized spacial score (nSPS) is 10.5. The molecule has 0 unspecified atom stereocenters. The minimum absolute atomic E-state index is 0.00713. The van der Waals surface area contributed by atoms with Crippen LogP contribution < -0.4 is 10.9 Å². The Morgan fingerprint density at radius 1 is 1.04 bits per heavy atom. The molecule has 0 bridgehead atoms. The van der Waals surface area contributed by atoms with Gasteiger partial charge < -0.3 is 8.83 Å². The van der Waals surface area contributed by atoms with Crippen LogP contribution in [0.2, 0.25) is 0 Å². The molecule has 7 heteroatoms. The smallest absolute Gasteiger partial charge is 0.273 e. The number of oxazole rings is 1. The molecule has 0 saturated heterocycles. The van der Waals surface area contributed by atoms with E-state index in [4.69, 9.17) is 8.83 Å². The number of nitrogens with zero attached hydrogens (tertiary/aromatic N) is 1. The number of nitrogens with one attached hydrogen (secondary N) is 2. The molecule has 3 rings (SSSR count). The Labute approximate surface area is 144 Å². The Balaban J connectivity index is 1.61. The minimum Gasteiger partial charge on any atom is -0.469 e. The molecule has 25 heavy (non-hydrogen) atoms. The van der Waals surface area contributed by atoms with E-state index >= 15 is 0 Å². The highest BCUT2D eigenvalue weighted by molar-refractivity contribution is 5.96. The van der Waals surface area contributed by atoms with Gasteiger partial charge in [0.05, 0.1) is 23.9 Å². The van der Waals surface area contributed by atoms with E-state index in [0.717, 1.165) is 5.56 Å². The van der Waals surface area contributed by atoms with Crippen LogP contribution in [0, 0.1) is 13.8 Å². The zero-order valence-electron chi connectivity index (χ0n) is 13.8. The first-order chi connectivity index (χ1) is 12.0. The second-order valence-corrected chi connectivity index (χ2v) is 5.46. The van der Waals surface area contributed by atoms with Gasteiger partial charge in [0.25, 0.3) is 5.91 Å². The van der Waals surface area contributed by atoms with E-state index in [2.05, 4.69) is 15.8 Å². The van der Waals surface area contributed by atoms with E-state index in [1.807, 2.05) is 30.3 Å². The van der Waals surface area contributed by atoms with Crippen molar-refractivity contribution in [1.82, 2.24) is 15.8 Å². The highest BCUT2D eigenvalue weighted by Gasteiger charge is 2.16. The van der Waals surface area contributed by atoms with Gasteiger partial charge in [-0.3, -0.25) is 20.4 Å². The summed E-state index contributed by atoms with van der Waals surface area (Å²) >= 11 is 0. The lowest BCUT2D eigenvalue weighted by molar-refractivity contribution is -0.121. The minimum atomic E-state index is -0.443. The maximum atomic E-state index is 12.0. The first kappa shape index (κ1) is 16.5. The van der Waals surface area contributed by atoms with Gasteiger partial charge in [-0.15, -0.1) is 0 Å². The fraction of sp³-hybridized carbons (Fsp3) is 0.167. The molecule has 0 spiro atoms. The maximum absolute atomic E-state index is 12.0. The van der Waals surface area contributed by atoms with Crippen LogP contribution in [-0.2, 0) is 11.2 Å². The van der Waals surface area contributed by atoms with Crippen molar-refractivity contribution in [2.75, 3.05) is 0 Å². The molecule has 0 saturated carbocycles. The Bertz CT molecular complexity index is 896. The topological polar surface area (TPSA) is 97.4 Å². The van der Waals surface area contributed by atoms with Crippen molar-refractivity contribution >= 4 is 11.8 Å². The lowest BCUT2D eigenvalue weighted by Crippen LogP contribution is -2.42. The van der Waals surface area contributed by atoms with Gasteiger partial charge in [-0.05, 0) is 32.0 Å². The number of carbonyl (C=O) groups is 2. The largest absolute Gasteiger partial charge is 0.469 e. The highest BCUT2D eigenvalue weighted by atomic mass is 16.4. The number of amides is 2. The van der Waals surface area contributed by atoms with Gasteiger partial charge in [0.2, 0.25) is 11.8 Å². The van der Waals surface area contributed by atoms with Crippen molar-refractivity contribution in [3.8, 4) is 11.5 Å². The number of aromatic nitrogens is 1. The van der Waals surface area contributed by atoms with Crippen LogP contribution in [0.25, 0.3) is 11.5 Å². The average molecular weight is 339 g/mol. The summed E-state index contributed by atoms with van der Waals surface area (Å²) in [5.74, 6) is 0.656. The van der Waals surface area contributed by atoms with Gasteiger partial charge in [-0.2, -0.15) is 0 Å². The molecule has 0 atom stereocenters. The summed E-state index contributed by atoms with van der Waals surface area (Å²) in [5, 5.41) is 0. The maximum Gasteiger partial charge on any atom is 0.273 e. The van der Waals surface area contributed by atoms with E-state index in [-0.39, 0.29) is 6.42 Å². The predicted molar refractivity (Wildman–Crippen MR) is 89.4 cm³/mol. The lowest BCUT2D eigenvalue weighted by Gasteiger charge is -2.05.